The largest absolute Gasteiger partial charge is 0.469 e. The first-order valence-electron chi connectivity index (χ1n) is 6.70. The molecule has 0 bridgehead atoms. The monoisotopic (exact) mass is 298 g/mol. The van der Waals surface area contributed by atoms with Crippen molar-refractivity contribution in [3.63, 3.8) is 0 Å². The first-order valence-corrected chi connectivity index (χ1v) is 7.58. The van der Waals surface area contributed by atoms with E-state index in [2.05, 4.69) is 10.1 Å². The lowest BCUT2D eigenvalue weighted by Gasteiger charge is -2.18. The van der Waals surface area contributed by atoms with E-state index >= 15 is 0 Å². The van der Waals surface area contributed by atoms with Crippen LogP contribution in [0.5, 0.6) is 0 Å². The predicted octanol–water partition coefficient (Wildman–Crippen LogP) is 1.84. The fourth-order valence-corrected chi connectivity index (χ4v) is 2.65. The molecule has 0 radical (unpaired) electrons. The number of nitrogens with one attached hydrogen (secondary N) is 1. The second-order valence-corrected chi connectivity index (χ2v) is 5.61. The number of methoxy groups -OCH3 is 1. The molecule has 1 aromatic rings. The summed E-state index contributed by atoms with van der Waals surface area (Å²) in [6, 6.07) is 3.47. The van der Waals surface area contributed by atoms with Gasteiger partial charge in [0.1, 0.15) is 0 Å². The van der Waals surface area contributed by atoms with Gasteiger partial charge in [-0.2, -0.15) is 0 Å². The highest BCUT2D eigenvalue weighted by atomic mass is 32.1. The maximum atomic E-state index is 12.0. The smallest absolute Gasteiger partial charge is 0.307 e. The van der Waals surface area contributed by atoms with E-state index in [1.54, 1.807) is 0 Å². The van der Waals surface area contributed by atoms with Gasteiger partial charge >= 0.3 is 5.97 Å². The highest BCUT2D eigenvalue weighted by molar-refractivity contribution is 7.10. The van der Waals surface area contributed by atoms with Gasteiger partial charge in [-0.15, -0.1) is 11.3 Å². The number of hydrogen-bond donors (Lipinski definition) is 2. The summed E-state index contributed by atoms with van der Waals surface area (Å²) < 4.78 is 4.68. The molecule has 1 amide bonds. The Morgan fingerprint density at radius 2 is 2.20 bits per heavy atom. The molecule has 2 unspecified atom stereocenters. The third kappa shape index (κ3) is 5.30. The quantitative estimate of drug-likeness (QED) is 0.718. The summed E-state index contributed by atoms with van der Waals surface area (Å²) in [6.07, 6.45) is 1.39. The number of thiophene rings is 1. The highest BCUT2D eigenvalue weighted by Gasteiger charge is 2.21. The van der Waals surface area contributed by atoms with Crippen molar-refractivity contribution in [2.75, 3.05) is 13.7 Å². The number of ether oxygens (including phenoxy) is 1. The summed E-state index contributed by atoms with van der Waals surface area (Å²) in [5, 5.41) is 4.82. The molecule has 1 rings (SSSR count). The molecule has 0 saturated heterocycles. The van der Waals surface area contributed by atoms with Crippen LogP contribution >= 0.6 is 11.3 Å². The number of amides is 1. The fraction of sp³-hybridized carbons (Fsp3) is 0.571. The van der Waals surface area contributed by atoms with Crippen LogP contribution < -0.4 is 11.1 Å². The fourth-order valence-electron chi connectivity index (χ4n) is 1.87. The van der Waals surface area contributed by atoms with E-state index in [1.807, 2.05) is 24.4 Å². The van der Waals surface area contributed by atoms with E-state index < -0.39 is 0 Å². The highest BCUT2D eigenvalue weighted by Crippen LogP contribution is 2.23. The Hall–Kier alpha value is -1.40. The van der Waals surface area contributed by atoms with Gasteiger partial charge in [0.25, 0.3) is 0 Å². The maximum Gasteiger partial charge on any atom is 0.307 e. The van der Waals surface area contributed by atoms with Crippen LogP contribution in [0.25, 0.3) is 0 Å². The molecule has 3 N–H and O–H groups in total. The standard InChI is InChI=1S/C14H22N2O3S/c1-3-10(9-15)7-13(17)16-11(8-14(18)19-2)12-5-4-6-20-12/h4-6,10-11H,3,7-9,15H2,1-2H3,(H,16,17). The van der Waals surface area contributed by atoms with Crippen LogP contribution in [0.2, 0.25) is 0 Å². The summed E-state index contributed by atoms with van der Waals surface area (Å²) in [4.78, 5) is 24.4. The summed E-state index contributed by atoms with van der Waals surface area (Å²) in [7, 11) is 1.34. The molecule has 112 valence electrons. The number of carbonyl (C=O) groups is 2. The van der Waals surface area contributed by atoms with E-state index in [9.17, 15) is 9.59 Å². The minimum Gasteiger partial charge on any atom is -0.469 e. The Labute approximate surface area is 123 Å². The van der Waals surface area contributed by atoms with Crippen molar-refractivity contribution in [1.29, 1.82) is 0 Å². The molecule has 0 spiro atoms. The molecule has 0 aliphatic carbocycles. The van der Waals surface area contributed by atoms with Gasteiger partial charge in [-0.3, -0.25) is 9.59 Å². The van der Waals surface area contributed by atoms with E-state index in [1.165, 1.54) is 18.4 Å². The third-order valence-electron chi connectivity index (χ3n) is 3.21. The predicted molar refractivity (Wildman–Crippen MR) is 79.3 cm³/mol. The van der Waals surface area contributed by atoms with E-state index in [0.717, 1.165) is 11.3 Å². The van der Waals surface area contributed by atoms with Crippen molar-refractivity contribution in [3.05, 3.63) is 22.4 Å². The Morgan fingerprint density at radius 3 is 2.70 bits per heavy atom. The lowest BCUT2D eigenvalue weighted by atomic mass is 10.0. The number of rotatable bonds is 8. The van der Waals surface area contributed by atoms with Crippen molar-refractivity contribution < 1.29 is 14.3 Å². The molecule has 1 heterocycles. The van der Waals surface area contributed by atoms with Crippen molar-refractivity contribution >= 4 is 23.2 Å². The number of nitrogens with two attached hydrogens (primary N) is 1. The zero-order valence-corrected chi connectivity index (χ0v) is 12.7. The van der Waals surface area contributed by atoms with Crippen LogP contribution in [0.3, 0.4) is 0 Å². The molecule has 6 heteroatoms. The number of esters is 1. The van der Waals surface area contributed by atoms with Gasteiger partial charge in [0.15, 0.2) is 0 Å². The number of carbonyl (C=O) groups excluding carboxylic acids is 2. The van der Waals surface area contributed by atoms with Crippen LogP contribution in [-0.4, -0.2) is 25.5 Å². The molecular formula is C14H22N2O3S. The molecule has 1 aromatic heterocycles. The third-order valence-corrected chi connectivity index (χ3v) is 4.19. The van der Waals surface area contributed by atoms with Gasteiger partial charge in [0.2, 0.25) is 5.91 Å². The van der Waals surface area contributed by atoms with E-state index in [4.69, 9.17) is 5.73 Å². The zero-order chi connectivity index (χ0) is 15.0. The van der Waals surface area contributed by atoms with Gasteiger partial charge in [0.05, 0.1) is 19.6 Å². The average Bonchev–Trinajstić information content (AvgIpc) is 2.97. The van der Waals surface area contributed by atoms with Crippen molar-refractivity contribution in [3.8, 4) is 0 Å². The molecule has 0 aromatic carbocycles. The van der Waals surface area contributed by atoms with Gasteiger partial charge in [-0.05, 0) is 23.9 Å². The van der Waals surface area contributed by atoms with Crippen LogP contribution in [0.15, 0.2) is 17.5 Å². The van der Waals surface area contributed by atoms with E-state index in [0.29, 0.717) is 13.0 Å². The first kappa shape index (κ1) is 16.7. The lowest BCUT2D eigenvalue weighted by Crippen LogP contribution is -2.32. The second kappa shape index (κ2) is 8.71. The zero-order valence-electron chi connectivity index (χ0n) is 11.9. The van der Waals surface area contributed by atoms with Crippen LogP contribution in [0.4, 0.5) is 0 Å². The molecule has 0 fully saturated rings. The molecule has 0 aliphatic heterocycles. The SMILES string of the molecule is CCC(CN)CC(=O)NC(CC(=O)OC)c1cccs1. The van der Waals surface area contributed by atoms with Crippen LogP contribution in [-0.2, 0) is 14.3 Å². The summed E-state index contributed by atoms with van der Waals surface area (Å²) in [6.45, 7) is 2.50. The lowest BCUT2D eigenvalue weighted by molar-refractivity contribution is -0.141. The summed E-state index contributed by atoms with van der Waals surface area (Å²) >= 11 is 1.51. The Morgan fingerprint density at radius 1 is 1.45 bits per heavy atom. The molecule has 0 saturated carbocycles. The average molecular weight is 298 g/mol. The first-order chi connectivity index (χ1) is 9.60. The molecule has 2 atom stereocenters. The summed E-state index contributed by atoms with van der Waals surface area (Å²) in [5.74, 6) is -0.240. The molecule has 20 heavy (non-hydrogen) atoms. The van der Waals surface area contributed by atoms with Crippen LogP contribution in [0, 0.1) is 5.92 Å². The van der Waals surface area contributed by atoms with Gasteiger partial charge in [-0.1, -0.05) is 19.4 Å². The number of hydrogen-bond acceptors (Lipinski definition) is 5. The normalized spacial score (nSPS) is 13.6. The Kier molecular flexibility index (Phi) is 7.25. The molecular weight excluding hydrogens is 276 g/mol. The summed E-state index contributed by atoms with van der Waals surface area (Å²) in [5.41, 5.74) is 5.61. The minimum absolute atomic E-state index is 0.0791. The topological polar surface area (TPSA) is 81.4 Å². The Balaban J connectivity index is 2.65. The van der Waals surface area contributed by atoms with Gasteiger partial charge in [-0.25, -0.2) is 0 Å². The maximum absolute atomic E-state index is 12.0. The Bertz CT molecular complexity index is 416. The molecule has 5 nitrogen and oxygen atoms in total. The van der Waals surface area contributed by atoms with Gasteiger partial charge < -0.3 is 15.8 Å². The minimum atomic E-state index is -0.338. The molecule has 0 aliphatic rings. The second-order valence-electron chi connectivity index (χ2n) is 4.63. The van der Waals surface area contributed by atoms with Crippen molar-refractivity contribution in [2.24, 2.45) is 11.7 Å². The van der Waals surface area contributed by atoms with Crippen molar-refractivity contribution in [2.45, 2.75) is 32.2 Å². The van der Waals surface area contributed by atoms with Crippen LogP contribution in [0.1, 0.15) is 37.1 Å². The van der Waals surface area contributed by atoms with Crippen molar-refractivity contribution in [1.82, 2.24) is 5.32 Å². The van der Waals surface area contributed by atoms with Gasteiger partial charge in [0, 0.05) is 11.3 Å². The van der Waals surface area contributed by atoms with E-state index in [-0.39, 0.29) is 30.3 Å².